The smallest absolute Gasteiger partial charge is 0.332 e. The van der Waals surface area contributed by atoms with Crippen molar-refractivity contribution in [3.63, 3.8) is 0 Å². The van der Waals surface area contributed by atoms with E-state index in [1.165, 1.54) is 6.07 Å². The summed E-state index contributed by atoms with van der Waals surface area (Å²) in [5, 5.41) is 25.1. The second-order valence-corrected chi connectivity index (χ2v) is 5.02. The predicted octanol–water partition coefficient (Wildman–Crippen LogP) is 0.755. The third-order valence-electron chi connectivity index (χ3n) is 3.43. The Morgan fingerprint density at radius 3 is 2.61 bits per heavy atom. The lowest BCUT2D eigenvalue weighted by Crippen LogP contribution is -2.37. The Morgan fingerprint density at radius 2 is 1.96 bits per heavy atom. The van der Waals surface area contributed by atoms with E-state index >= 15 is 0 Å². The van der Waals surface area contributed by atoms with Crippen molar-refractivity contribution in [3.05, 3.63) is 34.4 Å². The van der Waals surface area contributed by atoms with Crippen LogP contribution >= 0.6 is 0 Å². The number of hydrogen-bond donors (Lipinski definition) is 3. The van der Waals surface area contributed by atoms with Crippen molar-refractivity contribution < 1.29 is 24.4 Å². The summed E-state index contributed by atoms with van der Waals surface area (Å²) in [6, 6.07) is 6.21. The Bertz CT molecular complexity index is 606. The molecule has 1 aliphatic rings. The number of ether oxygens (including phenoxy) is 1. The van der Waals surface area contributed by atoms with Crippen molar-refractivity contribution >= 4 is 23.3 Å². The van der Waals surface area contributed by atoms with Crippen LogP contribution in [0.4, 0.5) is 11.4 Å². The molecule has 0 radical (unpaired) electrons. The molecule has 1 aliphatic heterocycles. The number of carboxylic acids is 1. The number of hydrogen-bond acceptors (Lipinski definition) is 6. The number of carbonyl (C=O) groups excluding carboxylic acids is 1. The van der Waals surface area contributed by atoms with Gasteiger partial charge in [-0.15, -0.1) is 0 Å². The number of nitro groups is 1. The first kappa shape index (κ1) is 16.7. The predicted molar refractivity (Wildman–Crippen MR) is 80.1 cm³/mol. The molecule has 9 nitrogen and oxygen atoms in total. The van der Waals surface area contributed by atoms with Crippen molar-refractivity contribution in [1.29, 1.82) is 0 Å². The van der Waals surface area contributed by atoms with E-state index in [1.54, 1.807) is 18.2 Å². The summed E-state index contributed by atoms with van der Waals surface area (Å²) in [5.74, 6) is -1.45. The maximum absolute atomic E-state index is 11.8. The molecular formula is C14H17N3O6. The van der Waals surface area contributed by atoms with Gasteiger partial charge in [0.2, 0.25) is 5.91 Å². The first-order valence-electron chi connectivity index (χ1n) is 7.12. The largest absolute Gasteiger partial charge is 0.479 e. The van der Waals surface area contributed by atoms with Crippen LogP contribution in [0.3, 0.4) is 0 Å². The van der Waals surface area contributed by atoms with E-state index < -0.39 is 23.1 Å². The summed E-state index contributed by atoms with van der Waals surface area (Å²) in [7, 11) is 0. The molecule has 0 bridgehead atoms. The highest BCUT2D eigenvalue weighted by atomic mass is 16.6. The number of amides is 1. The molecule has 3 N–H and O–H groups in total. The molecule has 0 spiro atoms. The Labute approximate surface area is 131 Å². The third-order valence-corrected chi connectivity index (χ3v) is 3.43. The van der Waals surface area contributed by atoms with Gasteiger partial charge >= 0.3 is 5.97 Å². The number of para-hydroxylation sites is 2. The van der Waals surface area contributed by atoms with Gasteiger partial charge < -0.3 is 20.5 Å². The number of nitro benzene ring substituents is 1. The molecule has 1 saturated heterocycles. The van der Waals surface area contributed by atoms with Crippen LogP contribution < -0.4 is 10.6 Å². The van der Waals surface area contributed by atoms with Crippen LogP contribution in [-0.2, 0) is 14.3 Å². The van der Waals surface area contributed by atoms with Crippen molar-refractivity contribution in [3.8, 4) is 0 Å². The molecule has 1 fully saturated rings. The van der Waals surface area contributed by atoms with Gasteiger partial charge in [0.25, 0.3) is 5.69 Å². The minimum Gasteiger partial charge on any atom is -0.479 e. The van der Waals surface area contributed by atoms with E-state index in [4.69, 9.17) is 9.84 Å². The molecule has 124 valence electrons. The van der Waals surface area contributed by atoms with Crippen molar-refractivity contribution in [2.24, 2.45) is 0 Å². The molecule has 2 rings (SSSR count). The molecule has 0 saturated carbocycles. The molecule has 1 aromatic rings. The van der Waals surface area contributed by atoms with Gasteiger partial charge in [-0.25, -0.2) is 4.79 Å². The number of nitrogens with zero attached hydrogens (tertiary/aromatic N) is 1. The number of carbonyl (C=O) groups is 2. The van der Waals surface area contributed by atoms with E-state index in [2.05, 4.69) is 10.6 Å². The van der Waals surface area contributed by atoms with Gasteiger partial charge in [-0.2, -0.15) is 0 Å². The number of benzene rings is 1. The molecule has 0 aliphatic carbocycles. The number of nitrogens with one attached hydrogen (secondary N) is 2. The molecule has 1 heterocycles. The van der Waals surface area contributed by atoms with E-state index in [-0.39, 0.29) is 18.1 Å². The van der Waals surface area contributed by atoms with Gasteiger partial charge in [-0.1, -0.05) is 12.1 Å². The molecular weight excluding hydrogens is 306 g/mol. The monoisotopic (exact) mass is 323 g/mol. The first-order valence-corrected chi connectivity index (χ1v) is 7.12. The fourth-order valence-electron chi connectivity index (χ4n) is 2.29. The number of rotatable bonds is 7. The molecule has 9 heteroatoms. The molecule has 23 heavy (non-hydrogen) atoms. The SMILES string of the molecule is O=C(NCCNc1ccccc1[N+](=O)[O-])[C@@H]1CC[C@H](C(=O)O)O1. The molecule has 1 amide bonds. The summed E-state index contributed by atoms with van der Waals surface area (Å²) in [6.45, 7) is 0.536. The normalized spacial score (nSPS) is 20.0. The summed E-state index contributed by atoms with van der Waals surface area (Å²) in [4.78, 5) is 33.0. The average Bonchev–Trinajstić information content (AvgIpc) is 3.02. The molecule has 0 unspecified atom stereocenters. The fourth-order valence-corrected chi connectivity index (χ4v) is 2.29. The lowest BCUT2D eigenvalue weighted by molar-refractivity contribution is -0.384. The average molecular weight is 323 g/mol. The summed E-state index contributed by atoms with van der Waals surface area (Å²) in [5.41, 5.74) is 0.331. The Hall–Kier alpha value is -2.68. The van der Waals surface area contributed by atoms with E-state index in [9.17, 15) is 19.7 Å². The first-order chi connectivity index (χ1) is 11.0. The van der Waals surface area contributed by atoms with Gasteiger partial charge in [-0.05, 0) is 18.9 Å². The number of carboxylic acid groups (broad SMARTS) is 1. The maximum Gasteiger partial charge on any atom is 0.332 e. The summed E-state index contributed by atoms with van der Waals surface area (Å²) < 4.78 is 5.13. The topological polar surface area (TPSA) is 131 Å². The quantitative estimate of drug-likeness (QED) is 0.383. The maximum atomic E-state index is 11.8. The Morgan fingerprint density at radius 1 is 1.26 bits per heavy atom. The van der Waals surface area contributed by atoms with Gasteiger partial charge in [0.1, 0.15) is 11.8 Å². The van der Waals surface area contributed by atoms with Crippen molar-refractivity contribution in [1.82, 2.24) is 5.32 Å². The lowest BCUT2D eigenvalue weighted by atomic mass is 10.2. The zero-order valence-electron chi connectivity index (χ0n) is 12.2. The van der Waals surface area contributed by atoms with E-state index in [0.717, 1.165) is 0 Å². The van der Waals surface area contributed by atoms with Crippen LogP contribution in [0.5, 0.6) is 0 Å². The zero-order valence-corrected chi connectivity index (χ0v) is 12.2. The van der Waals surface area contributed by atoms with Crippen molar-refractivity contribution in [2.75, 3.05) is 18.4 Å². The number of anilines is 1. The highest BCUT2D eigenvalue weighted by molar-refractivity contribution is 5.82. The second kappa shape index (κ2) is 7.54. The third kappa shape index (κ3) is 4.39. The van der Waals surface area contributed by atoms with Crippen LogP contribution in [0, 0.1) is 10.1 Å². The summed E-state index contributed by atoms with van der Waals surface area (Å²) in [6.07, 6.45) is -1.03. The zero-order chi connectivity index (χ0) is 16.8. The lowest BCUT2D eigenvalue weighted by Gasteiger charge is -2.12. The fraction of sp³-hybridized carbons (Fsp3) is 0.429. The van der Waals surface area contributed by atoms with Gasteiger partial charge in [0, 0.05) is 19.2 Å². The van der Waals surface area contributed by atoms with Gasteiger partial charge in [-0.3, -0.25) is 14.9 Å². The van der Waals surface area contributed by atoms with E-state index in [1.807, 2.05) is 0 Å². The van der Waals surface area contributed by atoms with Crippen LogP contribution in [0.2, 0.25) is 0 Å². The van der Waals surface area contributed by atoms with Crippen LogP contribution in [0.15, 0.2) is 24.3 Å². The highest BCUT2D eigenvalue weighted by Gasteiger charge is 2.34. The Kier molecular flexibility index (Phi) is 5.47. The molecule has 2 atom stereocenters. The molecule has 0 aromatic heterocycles. The number of aliphatic carboxylic acids is 1. The molecule has 1 aromatic carbocycles. The Balaban J connectivity index is 1.75. The summed E-state index contributed by atoms with van der Waals surface area (Å²) >= 11 is 0. The minimum absolute atomic E-state index is 0.0396. The van der Waals surface area contributed by atoms with E-state index in [0.29, 0.717) is 25.1 Å². The van der Waals surface area contributed by atoms with Crippen LogP contribution in [-0.4, -0.2) is 47.2 Å². The van der Waals surface area contributed by atoms with Crippen LogP contribution in [0.1, 0.15) is 12.8 Å². The second-order valence-electron chi connectivity index (χ2n) is 5.02. The van der Waals surface area contributed by atoms with Crippen molar-refractivity contribution in [2.45, 2.75) is 25.0 Å². The van der Waals surface area contributed by atoms with Gasteiger partial charge in [0.05, 0.1) is 4.92 Å². The minimum atomic E-state index is -1.07. The van der Waals surface area contributed by atoms with Crippen LogP contribution in [0.25, 0.3) is 0 Å². The van der Waals surface area contributed by atoms with Gasteiger partial charge in [0.15, 0.2) is 6.10 Å². The standard InChI is InChI=1S/C14H17N3O6/c18-13(11-5-6-12(23-11)14(19)20)16-8-7-15-9-3-1-2-4-10(9)17(21)22/h1-4,11-12,15H,5-8H2,(H,16,18)(H,19,20)/t11-,12+/m0/s1. The highest BCUT2D eigenvalue weighted by Crippen LogP contribution is 2.22.